The molecule has 1 nitrogen and oxygen atoms in total. The molecule has 1 rings (SSSR count). The first-order valence-electron chi connectivity index (χ1n) is 1.28. The van der Waals surface area contributed by atoms with Crippen LogP contribution >= 0.6 is 11.8 Å². The molecule has 5 heavy (non-hydrogen) atoms. The van der Waals surface area contributed by atoms with Crippen LogP contribution in [0.2, 0.25) is 0 Å². The van der Waals surface area contributed by atoms with E-state index in [1.165, 1.54) is 0 Å². The Balaban J connectivity index is 2.42. The van der Waals surface area contributed by atoms with Gasteiger partial charge in [0.25, 0.3) is 0 Å². The van der Waals surface area contributed by atoms with E-state index in [4.69, 9.17) is 0 Å². The molecule has 0 aliphatic carbocycles. The van der Waals surface area contributed by atoms with Crippen LogP contribution in [0.15, 0.2) is 0 Å². The Morgan fingerprint density at radius 3 is 3.00 bits per heavy atom. The standard InChI is InChI=1S/C3H2NS/c1-2-5-3-4-1/h3H2. The van der Waals surface area contributed by atoms with Gasteiger partial charge in [-0.3, -0.25) is 0 Å². The molecule has 0 spiro atoms. The van der Waals surface area contributed by atoms with Crippen LogP contribution in [0.25, 0.3) is 0 Å². The van der Waals surface area contributed by atoms with Crippen molar-refractivity contribution in [1.82, 2.24) is 5.32 Å². The van der Waals surface area contributed by atoms with Gasteiger partial charge in [-0.25, -0.2) is 5.32 Å². The van der Waals surface area contributed by atoms with Crippen LogP contribution in [0.4, 0.5) is 0 Å². The summed E-state index contributed by atoms with van der Waals surface area (Å²) >= 11 is 1.55. The Bertz CT molecular complexity index is 70.6. The monoisotopic (exact) mass is 84.0 g/mol. The van der Waals surface area contributed by atoms with Crippen molar-refractivity contribution in [3.8, 4) is 11.3 Å². The van der Waals surface area contributed by atoms with Gasteiger partial charge in [0, 0.05) is 6.04 Å². The van der Waals surface area contributed by atoms with Crippen LogP contribution in [-0.2, 0) is 0 Å². The number of rotatable bonds is 0. The zero-order valence-electron chi connectivity index (χ0n) is 2.56. The van der Waals surface area contributed by atoms with Gasteiger partial charge in [0.15, 0.2) is 0 Å². The van der Waals surface area contributed by atoms with E-state index >= 15 is 0 Å². The summed E-state index contributed by atoms with van der Waals surface area (Å²) in [5.41, 5.74) is 0. The molecule has 0 amide bonds. The Morgan fingerprint density at radius 2 is 2.80 bits per heavy atom. The molecule has 0 aromatic carbocycles. The summed E-state index contributed by atoms with van der Waals surface area (Å²) in [6.45, 7) is 0. The van der Waals surface area contributed by atoms with Gasteiger partial charge in [0.05, 0.1) is 0 Å². The van der Waals surface area contributed by atoms with Crippen LogP contribution in [0.5, 0.6) is 0 Å². The molecule has 0 atom stereocenters. The van der Waals surface area contributed by atoms with Gasteiger partial charge in [-0.15, -0.1) is 0 Å². The third kappa shape index (κ3) is 0.489. The van der Waals surface area contributed by atoms with E-state index in [2.05, 4.69) is 16.6 Å². The first kappa shape index (κ1) is 2.92. The molecular formula is C3H2NS. The molecule has 1 heterocycles. The molecule has 1 aliphatic heterocycles. The van der Waals surface area contributed by atoms with Gasteiger partial charge in [-0.1, -0.05) is 0 Å². The topological polar surface area (TPSA) is 14.1 Å². The molecule has 1 radical (unpaired) electrons. The van der Waals surface area contributed by atoms with E-state index in [9.17, 15) is 0 Å². The second kappa shape index (κ2) is 1.23. The summed E-state index contributed by atoms with van der Waals surface area (Å²) in [6.07, 6.45) is 0. The molecule has 0 fully saturated rings. The molecule has 0 N–H and O–H groups in total. The number of hydrogen-bond acceptors (Lipinski definition) is 1. The van der Waals surface area contributed by atoms with E-state index < -0.39 is 0 Å². The third-order valence-electron chi connectivity index (χ3n) is 0.326. The summed E-state index contributed by atoms with van der Waals surface area (Å²) in [4.78, 5) is 0. The molecule has 0 bridgehead atoms. The minimum absolute atomic E-state index is 0.819. The summed E-state index contributed by atoms with van der Waals surface area (Å²) in [5.74, 6) is 0.819. The highest BCUT2D eigenvalue weighted by atomic mass is 32.2. The lowest BCUT2D eigenvalue weighted by Crippen LogP contribution is -1.84. The smallest absolute Gasteiger partial charge is 0.107 e. The molecule has 0 aromatic rings. The van der Waals surface area contributed by atoms with Crippen LogP contribution in [0, 0.1) is 11.3 Å². The lowest BCUT2D eigenvalue weighted by Gasteiger charge is -1.69. The fourth-order valence-corrected chi connectivity index (χ4v) is 0.484. The third-order valence-corrected chi connectivity index (χ3v) is 0.820. The minimum Gasteiger partial charge on any atom is -0.223 e. The Labute approximate surface area is 35.1 Å². The Kier molecular flexibility index (Phi) is 0.718. The molecule has 2 heteroatoms. The predicted octanol–water partition coefficient (Wildman–Crippen LogP) is 0.213. The molecule has 25 valence electrons. The van der Waals surface area contributed by atoms with Crippen molar-refractivity contribution in [3.63, 3.8) is 0 Å². The SMILES string of the molecule is C1#CSC[N]1. The molecule has 0 unspecified atom stereocenters. The summed E-state index contributed by atoms with van der Waals surface area (Å²) in [5, 5.41) is 6.41. The van der Waals surface area contributed by atoms with Crippen molar-refractivity contribution in [2.75, 3.05) is 5.88 Å². The van der Waals surface area contributed by atoms with Gasteiger partial charge in [0.1, 0.15) is 5.88 Å². The lowest BCUT2D eigenvalue weighted by atomic mass is 11.1. The van der Waals surface area contributed by atoms with Crippen molar-refractivity contribution in [3.05, 3.63) is 0 Å². The summed E-state index contributed by atoms with van der Waals surface area (Å²) in [6, 6.07) is 2.56. The molecule has 0 aromatic heterocycles. The van der Waals surface area contributed by atoms with Crippen molar-refractivity contribution in [1.29, 1.82) is 0 Å². The van der Waals surface area contributed by atoms with Crippen molar-refractivity contribution >= 4 is 11.8 Å². The van der Waals surface area contributed by atoms with Crippen molar-refractivity contribution in [2.24, 2.45) is 0 Å². The molecule has 0 saturated heterocycles. The first-order valence-corrected chi connectivity index (χ1v) is 2.27. The Morgan fingerprint density at radius 1 is 1.80 bits per heavy atom. The van der Waals surface area contributed by atoms with E-state index in [0.717, 1.165) is 5.88 Å². The molecule has 0 saturated carbocycles. The van der Waals surface area contributed by atoms with E-state index in [-0.39, 0.29) is 0 Å². The molecule has 1 aliphatic rings. The highest BCUT2D eigenvalue weighted by Crippen LogP contribution is 1.96. The maximum absolute atomic E-state index is 3.69. The highest BCUT2D eigenvalue weighted by molar-refractivity contribution is 8.04. The number of nitrogens with zero attached hydrogens (tertiary/aromatic N) is 1. The van der Waals surface area contributed by atoms with Crippen LogP contribution in [0.3, 0.4) is 0 Å². The van der Waals surface area contributed by atoms with Gasteiger partial charge < -0.3 is 0 Å². The fraction of sp³-hybridized carbons (Fsp3) is 0.333. The minimum atomic E-state index is 0.819. The average Bonchev–Trinajstić information content (AvgIpc) is 1.76. The lowest BCUT2D eigenvalue weighted by molar-refractivity contribution is 1.10. The van der Waals surface area contributed by atoms with Crippen LogP contribution in [-0.4, -0.2) is 5.88 Å². The predicted molar refractivity (Wildman–Crippen MR) is 22.4 cm³/mol. The van der Waals surface area contributed by atoms with Gasteiger partial charge in [0.2, 0.25) is 0 Å². The fourth-order valence-electron chi connectivity index (χ4n) is 0.161. The van der Waals surface area contributed by atoms with E-state index in [0.29, 0.717) is 0 Å². The van der Waals surface area contributed by atoms with Crippen LogP contribution in [0.1, 0.15) is 0 Å². The van der Waals surface area contributed by atoms with Gasteiger partial charge in [-0.2, -0.15) is 0 Å². The maximum atomic E-state index is 3.69. The number of hydrogen-bond donors (Lipinski definition) is 0. The normalized spacial score (nSPS) is 16.0. The maximum Gasteiger partial charge on any atom is 0.107 e. The van der Waals surface area contributed by atoms with Crippen LogP contribution < -0.4 is 5.32 Å². The van der Waals surface area contributed by atoms with E-state index in [1.54, 1.807) is 11.8 Å². The van der Waals surface area contributed by atoms with Gasteiger partial charge >= 0.3 is 0 Å². The second-order valence-electron chi connectivity index (χ2n) is 0.645. The zero-order chi connectivity index (χ0) is 3.54. The summed E-state index contributed by atoms with van der Waals surface area (Å²) < 4.78 is 0. The molecular weight excluding hydrogens is 82.1 g/mol. The quantitative estimate of drug-likeness (QED) is 0.383. The summed E-state index contributed by atoms with van der Waals surface area (Å²) in [7, 11) is 0. The largest absolute Gasteiger partial charge is 0.223 e. The van der Waals surface area contributed by atoms with E-state index in [1.807, 2.05) is 0 Å². The Hall–Kier alpha value is -0.290. The zero-order valence-corrected chi connectivity index (χ0v) is 3.38. The first-order chi connectivity index (χ1) is 2.50. The second-order valence-corrected chi connectivity index (χ2v) is 1.40. The average molecular weight is 84.1 g/mol. The van der Waals surface area contributed by atoms with Gasteiger partial charge in [-0.05, 0) is 17.0 Å². The van der Waals surface area contributed by atoms with Crippen molar-refractivity contribution in [2.45, 2.75) is 0 Å². The van der Waals surface area contributed by atoms with Crippen molar-refractivity contribution < 1.29 is 0 Å². The highest BCUT2D eigenvalue weighted by Gasteiger charge is 1.84. The number of thioether (sulfide) groups is 1.